The summed E-state index contributed by atoms with van der Waals surface area (Å²) in [5, 5.41) is 24.8. The molecule has 0 radical (unpaired) electrons. The Morgan fingerprint density at radius 3 is 2.44 bits per heavy atom. The van der Waals surface area contributed by atoms with E-state index >= 15 is 0 Å². The molecule has 0 saturated heterocycles. The Morgan fingerprint density at radius 1 is 1.20 bits per heavy atom. The van der Waals surface area contributed by atoms with Crippen LogP contribution in [0, 0.1) is 0 Å². The van der Waals surface area contributed by atoms with E-state index in [-0.39, 0.29) is 20.9 Å². The van der Waals surface area contributed by atoms with Crippen LogP contribution in [0.2, 0.25) is 0 Å². The molecule has 1 amide bonds. The van der Waals surface area contributed by atoms with Gasteiger partial charge in [0.15, 0.2) is 5.82 Å². The fourth-order valence-electron chi connectivity index (χ4n) is 2.16. The number of carboxylic acids is 1. The van der Waals surface area contributed by atoms with E-state index in [2.05, 4.69) is 10.4 Å². The number of aromatic carboxylic acids is 1. The zero-order valence-corrected chi connectivity index (χ0v) is 14.0. The van der Waals surface area contributed by atoms with Gasteiger partial charge in [-0.25, -0.2) is 9.59 Å². The fourth-order valence-corrected chi connectivity index (χ4v) is 3.28. The highest BCUT2D eigenvalue weighted by Gasteiger charge is 2.22. The molecule has 8 nitrogen and oxygen atoms in total. The number of hydrogen-bond donors (Lipinski definition) is 3. The normalized spacial score (nSPS) is 10.8. The van der Waals surface area contributed by atoms with Crippen LogP contribution in [0.25, 0.3) is 10.2 Å². The van der Waals surface area contributed by atoms with Crippen LogP contribution in [-0.2, 0) is 5.88 Å². The quantitative estimate of drug-likeness (QED) is 0.598. The molecule has 25 heavy (non-hydrogen) atoms. The number of rotatable bonds is 4. The van der Waals surface area contributed by atoms with Gasteiger partial charge in [0.1, 0.15) is 9.71 Å². The highest BCUT2D eigenvalue weighted by atomic mass is 35.5. The van der Waals surface area contributed by atoms with Gasteiger partial charge in [-0.15, -0.1) is 28.0 Å². The number of nitrogens with zero attached hydrogens (tertiary/aromatic N) is 2. The van der Waals surface area contributed by atoms with Crippen molar-refractivity contribution in [1.82, 2.24) is 9.78 Å². The van der Waals surface area contributed by atoms with Crippen molar-refractivity contribution in [3.8, 4) is 0 Å². The Labute approximate surface area is 149 Å². The van der Waals surface area contributed by atoms with E-state index in [0.29, 0.717) is 16.1 Å². The summed E-state index contributed by atoms with van der Waals surface area (Å²) in [5.41, 5.74) is 1.18. The number of nitrogens with one attached hydrogen (secondary N) is 1. The molecule has 0 aliphatic rings. The number of fused-ring (bicyclic) bond motifs is 1. The maximum atomic E-state index is 12.3. The number of aromatic nitrogens is 2. The van der Waals surface area contributed by atoms with Gasteiger partial charge in [-0.05, 0) is 23.8 Å². The predicted molar refractivity (Wildman–Crippen MR) is 91.9 cm³/mol. The Kier molecular flexibility index (Phi) is 4.43. The average molecular weight is 380 g/mol. The molecule has 0 unspecified atom stereocenters. The number of benzene rings is 1. The van der Waals surface area contributed by atoms with Gasteiger partial charge in [0.2, 0.25) is 0 Å². The minimum atomic E-state index is -1.38. The first-order chi connectivity index (χ1) is 11.9. The summed E-state index contributed by atoms with van der Waals surface area (Å²) >= 11 is 6.46. The molecule has 0 spiro atoms. The Hall–Kier alpha value is -2.91. The highest BCUT2D eigenvalue weighted by Crippen LogP contribution is 2.31. The first-order valence-corrected chi connectivity index (χ1v) is 8.21. The minimum Gasteiger partial charge on any atom is -0.477 e. The van der Waals surface area contributed by atoms with E-state index in [1.165, 1.54) is 6.07 Å². The summed E-state index contributed by atoms with van der Waals surface area (Å²) in [6.07, 6.45) is -1.38. The molecule has 1 aromatic carbocycles. The Balaban J connectivity index is 1.98. The molecular formula is C15H10ClN3O5S. The number of carbonyl (C=O) groups excluding carboxylic acids is 1. The summed E-state index contributed by atoms with van der Waals surface area (Å²) < 4.78 is 0.638. The molecule has 3 rings (SSSR count). The van der Waals surface area contributed by atoms with Crippen LogP contribution in [0.15, 0.2) is 30.3 Å². The molecule has 0 aliphatic heterocycles. The molecule has 0 atom stereocenters. The summed E-state index contributed by atoms with van der Waals surface area (Å²) in [7, 11) is 0. The molecule has 0 saturated carbocycles. The van der Waals surface area contributed by atoms with Crippen molar-refractivity contribution in [2.75, 3.05) is 5.32 Å². The third-order valence-corrected chi connectivity index (χ3v) is 4.76. The Morgan fingerprint density at radius 2 is 1.88 bits per heavy atom. The van der Waals surface area contributed by atoms with Crippen molar-refractivity contribution >= 4 is 56.9 Å². The number of halogens is 1. The topological polar surface area (TPSA) is 122 Å². The molecule has 2 aromatic heterocycles. The average Bonchev–Trinajstić information content (AvgIpc) is 3.15. The molecule has 0 aliphatic carbocycles. The Bertz CT molecular complexity index is 993. The zero-order chi connectivity index (χ0) is 18.1. The van der Waals surface area contributed by atoms with Gasteiger partial charge in [0.25, 0.3) is 5.91 Å². The smallest absolute Gasteiger partial charge is 0.433 e. The van der Waals surface area contributed by atoms with Gasteiger partial charge in [0.05, 0.1) is 5.39 Å². The van der Waals surface area contributed by atoms with Crippen molar-refractivity contribution in [2.45, 2.75) is 5.88 Å². The largest absolute Gasteiger partial charge is 0.477 e. The fraction of sp³-hybridized carbons (Fsp3) is 0.0667. The maximum Gasteiger partial charge on any atom is 0.433 e. The van der Waals surface area contributed by atoms with Gasteiger partial charge in [0, 0.05) is 11.4 Å². The molecule has 128 valence electrons. The van der Waals surface area contributed by atoms with Gasteiger partial charge >= 0.3 is 12.1 Å². The van der Waals surface area contributed by atoms with Crippen LogP contribution in [-0.4, -0.2) is 38.0 Å². The van der Waals surface area contributed by atoms with Crippen molar-refractivity contribution < 1.29 is 24.6 Å². The monoisotopic (exact) mass is 379 g/mol. The van der Waals surface area contributed by atoms with Crippen molar-refractivity contribution in [1.29, 1.82) is 0 Å². The van der Waals surface area contributed by atoms with Crippen LogP contribution >= 0.6 is 22.9 Å². The van der Waals surface area contributed by atoms with Crippen LogP contribution in [0.3, 0.4) is 0 Å². The van der Waals surface area contributed by atoms with Crippen LogP contribution in [0.4, 0.5) is 10.6 Å². The van der Waals surface area contributed by atoms with E-state index in [1.807, 2.05) is 0 Å². The molecule has 0 fully saturated rings. The molecule has 0 bridgehead atoms. The second kappa shape index (κ2) is 6.54. The number of anilines is 1. The van der Waals surface area contributed by atoms with E-state index < -0.39 is 18.0 Å². The number of alkyl halides is 1. The summed E-state index contributed by atoms with van der Waals surface area (Å²) in [4.78, 5) is 34.8. The molecule has 2 heterocycles. The third-order valence-electron chi connectivity index (χ3n) is 3.35. The van der Waals surface area contributed by atoms with E-state index in [1.54, 1.807) is 24.3 Å². The van der Waals surface area contributed by atoms with Crippen molar-refractivity contribution in [3.63, 3.8) is 0 Å². The lowest BCUT2D eigenvalue weighted by Crippen LogP contribution is -2.14. The number of hydrogen-bond acceptors (Lipinski definition) is 5. The van der Waals surface area contributed by atoms with Gasteiger partial charge in [-0.3, -0.25) is 4.79 Å². The van der Waals surface area contributed by atoms with Crippen LogP contribution in [0.5, 0.6) is 0 Å². The number of amides is 1. The minimum absolute atomic E-state index is 0.0208. The van der Waals surface area contributed by atoms with Gasteiger partial charge in [-0.1, -0.05) is 12.1 Å². The SMILES string of the molecule is O=C(Nc1nn(C(=O)O)c2sc(C(=O)O)cc12)c1ccc(CCl)cc1. The number of carbonyl (C=O) groups is 3. The number of thiophene rings is 1. The lowest BCUT2D eigenvalue weighted by atomic mass is 10.1. The van der Waals surface area contributed by atoms with E-state index in [0.717, 1.165) is 16.9 Å². The third kappa shape index (κ3) is 3.19. The summed E-state index contributed by atoms with van der Waals surface area (Å²) in [6, 6.07) is 7.82. The highest BCUT2D eigenvalue weighted by molar-refractivity contribution is 7.20. The van der Waals surface area contributed by atoms with Crippen molar-refractivity contribution in [3.05, 3.63) is 46.3 Å². The van der Waals surface area contributed by atoms with Crippen molar-refractivity contribution in [2.24, 2.45) is 0 Å². The maximum absolute atomic E-state index is 12.3. The predicted octanol–water partition coefficient (Wildman–Crippen LogP) is 3.31. The lowest BCUT2D eigenvalue weighted by molar-refractivity contribution is 0.0702. The van der Waals surface area contributed by atoms with Gasteiger partial charge in [-0.2, -0.15) is 4.68 Å². The first kappa shape index (κ1) is 16.9. The second-order valence-electron chi connectivity index (χ2n) is 4.96. The summed E-state index contributed by atoms with van der Waals surface area (Å²) in [6.45, 7) is 0. The first-order valence-electron chi connectivity index (χ1n) is 6.86. The van der Waals surface area contributed by atoms with E-state index in [9.17, 15) is 19.5 Å². The standard InChI is InChI=1S/C15H10ClN3O5S/c16-6-7-1-3-8(4-2-7)12(20)17-11-9-5-10(14(21)22)25-13(9)19(18-11)15(23)24/h1-5H,6H2,(H,21,22)(H,23,24)(H,17,18,20). The van der Waals surface area contributed by atoms with Crippen LogP contribution < -0.4 is 5.32 Å². The summed E-state index contributed by atoms with van der Waals surface area (Å²) in [5.74, 6) is -1.39. The van der Waals surface area contributed by atoms with Crippen LogP contribution in [0.1, 0.15) is 25.6 Å². The zero-order valence-electron chi connectivity index (χ0n) is 12.4. The number of carboxylic acid groups (broad SMARTS) is 2. The van der Waals surface area contributed by atoms with E-state index in [4.69, 9.17) is 16.7 Å². The molecule has 3 N–H and O–H groups in total. The lowest BCUT2D eigenvalue weighted by Gasteiger charge is -2.03. The second-order valence-corrected chi connectivity index (χ2v) is 6.26. The van der Waals surface area contributed by atoms with Gasteiger partial charge < -0.3 is 15.5 Å². The molecular weight excluding hydrogens is 370 g/mol. The molecule has 3 aromatic rings. The molecule has 10 heteroatoms.